The molecular weight excluding hydrogens is 402 g/mol. The normalized spacial score (nSPS) is 16.7. The number of nitriles is 2. The summed E-state index contributed by atoms with van der Waals surface area (Å²) in [5, 5.41) is 34.1. The number of pyridine rings is 1. The van der Waals surface area contributed by atoms with Crippen LogP contribution in [-0.2, 0) is 6.54 Å². The number of piperidine rings is 1. The third-order valence-corrected chi connectivity index (χ3v) is 5.90. The van der Waals surface area contributed by atoms with Crippen LogP contribution < -0.4 is 10.6 Å². The van der Waals surface area contributed by atoms with E-state index in [2.05, 4.69) is 23.0 Å². The lowest BCUT2D eigenvalue weighted by atomic mass is 10.0. The molecule has 1 aromatic carbocycles. The highest BCUT2D eigenvalue weighted by molar-refractivity contribution is 5.95. The number of hydrogen-bond acceptors (Lipinski definition) is 7. The van der Waals surface area contributed by atoms with Crippen LogP contribution in [0.2, 0.25) is 0 Å². The van der Waals surface area contributed by atoms with Gasteiger partial charge in [0.25, 0.3) is 0 Å². The summed E-state index contributed by atoms with van der Waals surface area (Å²) in [6, 6.07) is 14.5. The minimum atomic E-state index is -0.173. The molecule has 1 aliphatic heterocycles. The van der Waals surface area contributed by atoms with E-state index in [0.717, 1.165) is 41.7 Å². The molecule has 1 atom stereocenters. The maximum atomic E-state index is 9.96. The molecule has 1 fully saturated rings. The Labute approximate surface area is 186 Å². The SMILES string of the molecule is C[C@H]1CCCCN1c1nc2ccccc2cc1/C=C(\C#N)c1nn(CCO)c(N)c1C#N. The van der Waals surface area contributed by atoms with Gasteiger partial charge in [0.2, 0.25) is 0 Å². The van der Waals surface area contributed by atoms with Crippen molar-refractivity contribution in [1.29, 1.82) is 10.5 Å². The Bertz CT molecular complexity index is 1260. The van der Waals surface area contributed by atoms with Crippen LogP contribution in [0.1, 0.15) is 43.0 Å². The maximum absolute atomic E-state index is 9.96. The second kappa shape index (κ2) is 9.09. The van der Waals surface area contributed by atoms with Crippen molar-refractivity contribution in [3.05, 3.63) is 47.2 Å². The molecule has 2 aromatic heterocycles. The molecule has 0 unspecified atom stereocenters. The number of aromatic nitrogens is 3. The Kier molecular flexibility index (Phi) is 6.07. The van der Waals surface area contributed by atoms with E-state index in [-0.39, 0.29) is 35.8 Å². The molecule has 8 heteroatoms. The standard InChI is InChI=1S/C24H25N7O/c1-16-6-4-5-9-30(16)24-18(12-17-7-2-3-8-21(17)28-24)13-19(14-25)22-20(15-26)23(27)31(29-22)10-11-32/h2-3,7-8,12-13,16,32H,4-6,9-11,27H2,1H3/b19-13+/t16-/m0/s1. The number of aliphatic hydroxyl groups is 1. The fourth-order valence-electron chi connectivity index (χ4n) is 4.22. The lowest BCUT2D eigenvalue weighted by Gasteiger charge is -2.35. The number of hydrogen-bond donors (Lipinski definition) is 2. The van der Waals surface area contributed by atoms with Gasteiger partial charge in [-0.25, -0.2) is 9.67 Å². The zero-order chi connectivity index (χ0) is 22.7. The van der Waals surface area contributed by atoms with Gasteiger partial charge in [0.15, 0.2) is 0 Å². The first-order chi connectivity index (χ1) is 15.6. The Morgan fingerprint density at radius 3 is 2.84 bits per heavy atom. The van der Waals surface area contributed by atoms with Gasteiger partial charge >= 0.3 is 0 Å². The molecule has 32 heavy (non-hydrogen) atoms. The van der Waals surface area contributed by atoms with E-state index < -0.39 is 0 Å². The third-order valence-electron chi connectivity index (χ3n) is 5.90. The number of anilines is 2. The molecule has 4 rings (SSSR count). The second-order valence-corrected chi connectivity index (χ2v) is 7.97. The van der Waals surface area contributed by atoms with Crippen LogP contribution in [0.25, 0.3) is 22.6 Å². The number of nitrogens with zero attached hydrogens (tertiary/aromatic N) is 6. The quantitative estimate of drug-likeness (QED) is 0.598. The van der Waals surface area contributed by atoms with E-state index in [1.165, 1.54) is 11.1 Å². The van der Waals surface area contributed by atoms with Crippen LogP contribution in [0.4, 0.5) is 11.6 Å². The summed E-state index contributed by atoms with van der Waals surface area (Å²) >= 11 is 0. The number of rotatable bonds is 5. The molecule has 3 aromatic rings. The molecule has 0 bridgehead atoms. The molecule has 0 radical (unpaired) electrons. The largest absolute Gasteiger partial charge is 0.394 e. The van der Waals surface area contributed by atoms with Crippen LogP contribution in [0.5, 0.6) is 0 Å². The summed E-state index contributed by atoms with van der Waals surface area (Å²) < 4.78 is 1.35. The van der Waals surface area contributed by atoms with Gasteiger partial charge in [0.1, 0.15) is 35.0 Å². The molecule has 8 nitrogen and oxygen atoms in total. The Hall–Kier alpha value is -3.88. The number of para-hydroxylation sites is 1. The van der Waals surface area contributed by atoms with Crippen molar-refractivity contribution in [2.75, 3.05) is 23.8 Å². The molecule has 0 aliphatic carbocycles. The van der Waals surface area contributed by atoms with Gasteiger partial charge in [0, 0.05) is 23.5 Å². The van der Waals surface area contributed by atoms with Crippen LogP contribution in [0, 0.1) is 22.7 Å². The summed E-state index contributed by atoms with van der Waals surface area (Å²) in [6.07, 6.45) is 5.10. The Balaban J connectivity index is 1.90. The lowest BCUT2D eigenvalue weighted by Crippen LogP contribution is -2.38. The summed E-state index contributed by atoms with van der Waals surface area (Å²) in [4.78, 5) is 7.24. The predicted octanol–water partition coefficient (Wildman–Crippen LogP) is 3.32. The minimum Gasteiger partial charge on any atom is -0.394 e. The monoisotopic (exact) mass is 427 g/mol. The number of benzene rings is 1. The predicted molar refractivity (Wildman–Crippen MR) is 124 cm³/mol. The molecule has 3 heterocycles. The van der Waals surface area contributed by atoms with E-state index in [4.69, 9.17) is 10.7 Å². The summed E-state index contributed by atoms with van der Waals surface area (Å²) in [6.45, 7) is 3.07. The number of nitrogen functional groups attached to an aromatic ring is 1. The highest BCUT2D eigenvalue weighted by Crippen LogP contribution is 2.32. The van der Waals surface area contributed by atoms with Gasteiger partial charge in [0.05, 0.1) is 24.2 Å². The average molecular weight is 428 g/mol. The first-order valence-corrected chi connectivity index (χ1v) is 10.7. The highest BCUT2D eigenvalue weighted by atomic mass is 16.3. The van der Waals surface area contributed by atoms with Crippen molar-refractivity contribution in [1.82, 2.24) is 14.8 Å². The van der Waals surface area contributed by atoms with Gasteiger partial charge in [-0.3, -0.25) is 0 Å². The Morgan fingerprint density at radius 1 is 1.31 bits per heavy atom. The topological polar surface area (TPSA) is 128 Å². The fourth-order valence-corrected chi connectivity index (χ4v) is 4.22. The number of allylic oxidation sites excluding steroid dienone is 1. The number of fused-ring (bicyclic) bond motifs is 1. The van der Waals surface area contributed by atoms with Crippen molar-refractivity contribution in [2.24, 2.45) is 0 Å². The fraction of sp³-hybridized carbons (Fsp3) is 0.333. The minimum absolute atomic E-state index is 0.132. The van der Waals surface area contributed by atoms with Gasteiger partial charge in [-0.15, -0.1) is 0 Å². The van der Waals surface area contributed by atoms with E-state index >= 15 is 0 Å². The summed E-state index contributed by atoms with van der Waals surface area (Å²) in [5.41, 5.74) is 8.30. The van der Waals surface area contributed by atoms with Crippen LogP contribution >= 0.6 is 0 Å². The zero-order valence-corrected chi connectivity index (χ0v) is 18.0. The molecule has 0 spiro atoms. The van der Waals surface area contributed by atoms with Crippen LogP contribution in [-0.4, -0.2) is 39.1 Å². The van der Waals surface area contributed by atoms with E-state index in [1.54, 1.807) is 6.08 Å². The van der Waals surface area contributed by atoms with E-state index in [9.17, 15) is 15.6 Å². The molecule has 1 saturated heterocycles. The van der Waals surface area contributed by atoms with Crippen molar-refractivity contribution in [3.8, 4) is 12.1 Å². The summed E-state index contributed by atoms with van der Waals surface area (Å²) in [5.74, 6) is 0.962. The third kappa shape index (κ3) is 3.89. The number of aliphatic hydroxyl groups excluding tert-OH is 1. The highest BCUT2D eigenvalue weighted by Gasteiger charge is 2.24. The van der Waals surface area contributed by atoms with Crippen molar-refractivity contribution < 1.29 is 5.11 Å². The average Bonchev–Trinajstić information content (AvgIpc) is 3.12. The number of nitrogens with two attached hydrogens (primary N) is 1. The first-order valence-electron chi connectivity index (χ1n) is 10.7. The van der Waals surface area contributed by atoms with E-state index in [1.807, 2.05) is 36.4 Å². The van der Waals surface area contributed by atoms with Crippen molar-refractivity contribution in [3.63, 3.8) is 0 Å². The Morgan fingerprint density at radius 2 is 2.12 bits per heavy atom. The molecule has 3 N–H and O–H groups in total. The molecule has 162 valence electrons. The van der Waals surface area contributed by atoms with Crippen molar-refractivity contribution in [2.45, 2.75) is 38.8 Å². The maximum Gasteiger partial charge on any atom is 0.140 e. The smallest absolute Gasteiger partial charge is 0.140 e. The zero-order valence-electron chi connectivity index (χ0n) is 18.0. The molecule has 0 saturated carbocycles. The second-order valence-electron chi connectivity index (χ2n) is 7.97. The van der Waals surface area contributed by atoms with Crippen LogP contribution in [0.3, 0.4) is 0 Å². The van der Waals surface area contributed by atoms with Gasteiger partial charge in [-0.05, 0) is 44.4 Å². The van der Waals surface area contributed by atoms with Gasteiger partial charge in [-0.2, -0.15) is 15.6 Å². The lowest BCUT2D eigenvalue weighted by molar-refractivity contribution is 0.270. The molecule has 0 amide bonds. The molecular formula is C24H25N7O. The van der Waals surface area contributed by atoms with Crippen LogP contribution in [0.15, 0.2) is 30.3 Å². The first kappa shape index (κ1) is 21.4. The van der Waals surface area contributed by atoms with Gasteiger partial charge < -0.3 is 15.7 Å². The molecule has 1 aliphatic rings. The summed E-state index contributed by atoms with van der Waals surface area (Å²) in [7, 11) is 0. The van der Waals surface area contributed by atoms with Gasteiger partial charge in [-0.1, -0.05) is 18.2 Å². The van der Waals surface area contributed by atoms with E-state index in [0.29, 0.717) is 6.04 Å². The van der Waals surface area contributed by atoms with Crippen molar-refractivity contribution >= 4 is 34.2 Å².